The van der Waals surface area contributed by atoms with Crippen LogP contribution in [0.15, 0.2) is 0 Å². The van der Waals surface area contributed by atoms with Crippen molar-refractivity contribution in [2.45, 2.75) is 33.3 Å². The zero-order valence-electron chi connectivity index (χ0n) is 10.7. The van der Waals surface area contributed by atoms with Gasteiger partial charge in [0, 0.05) is 13.1 Å². The van der Waals surface area contributed by atoms with Gasteiger partial charge in [-0.3, -0.25) is 0 Å². The first-order valence-corrected chi connectivity index (χ1v) is 6.96. The number of amides is 2. The Hall–Kier alpha value is -0.420. The SMILES string of the molecule is CSCCCNC(=O)NCC(O)C(C)(C)C. The van der Waals surface area contributed by atoms with Gasteiger partial charge in [-0.2, -0.15) is 11.8 Å². The summed E-state index contributed by atoms with van der Waals surface area (Å²) in [6.07, 6.45) is 2.49. The quantitative estimate of drug-likeness (QED) is 0.623. The van der Waals surface area contributed by atoms with Crippen molar-refractivity contribution < 1.29 is 9.90 Å². The number of nitrogens with one attached hydrogen (secondary N) is 2. The zero-order valence-corrected chi connectivity index (χ0v) is 11.5. The second-order valence-corrected chi connectivity index (χ2v) is 5.85. The molecule has 0 aliphatic carbocycles. The lowest BCUT2D eigenvalue weighted by molar-refractivity contribution is 0.0650. The third kappa shape index (κ3) is 7.82. The topological polar surface area (TPSA) is 61.4 Å². The predicted molar refractivity (Wildman–Crippen MR) is 69.9 cm³/mol. The molecular weight excluding hydrogens is 224 g/mol. The molecule has 1 atom stereocenters. The molecule has 0 spiro atoms. The monoisotopic (exact) mass is 248 g/mol. The van der Waals surface area contributed by atoms with Crippen molar-refractivity contribution in [3.63, 3.8) is 0 Å². The van der Waals surface area contributed by atoms with E-state index in [1.165, 1.54) is 0 Å². The highest BCUT2D eigenvalue weighted by Crippen LogP contribution is 2.17. The third-order valence-corrected chi connectivity index (χ3v) is 2.96. The van der Waals surface area contributed by atoms with E-state index in [-0.39, 0.29) is 18.0 Å². The van der Waals surface area contributed by atoms with Crippen LogP contribution in [0.25, 0.3) is 0 Å². The van der Waals surface area contributed by atoms with Crippen molar-refractivity contribution >= 4 is 17.8 Å². The maximum atomic E-state index is 11.3. The van der Waals surface area contributed by atoms with Crippen LogP contribution < -0.4 is 10.6 Å². The Morgan fingerprint density at radius 1 is 1.38 bits per heavy atom. The first-order chi connectivity index (χ1) is 7.38. The number of rotatable bonds is 6. The first-order valence-electron chi connectivity index (χ1n) is 5.56. The van der Waals surface area contributed by atoms with Gasteiger partial charge in [-0.1, -0.05) is 20.8 Å². The van der Waals surface area contributed by atoms with Crippen LogP contribution in [0.3, 0.4) is 0 Å². The minimum Gasteiger partial charge on any atom is -0.391 e. The smallest absolute Gasteiger partial charge is 0.314 e. The number of carbonyl (C=O) groups excluding carboxylic acids is 1. The number of hydrogen-bond donors (Lipinski definition) is 3. The van der Waals surface area contributed by atoms with E-state index in [1.54, 1.807) is 11.8 Å². The van der Waals surface area contributed by atoms with Crippen LogP contribution in [0, 0.1) is 5.41 Å². The molecule has 0 fully saturated rings. The molecule has 0 saturated heterocycles. The molecule has 0 aliphatic rings. The summed E-state index contributed by atoms with van der Waals surface area (Å²) in [6.45, 7) is 6.79. The van der Waals surface area contributed by atoms with Crippen LogP contribution in [0.5, 0.6) is 0 Å². The Balaban J connectivity index is 3.58. The van der Waals surface area contributed by atoms with Crippen molar-refractivity contribution in [1.29, 1.82) is 0 Å². The lowest BCUT2D eigenvalue weighted by atomic mass is 9.89. The van der Waals surface area contributed by atoms with Gasteiger partial charge in [0.05, 0.1) is 6.10 Å². The van der Waals surface area contributed by atoms with Gasteiger partial charge in [0.2, 0.25) is 0 Å². The molecule has 3 N–H and O–H groups in total. The van der Waals surface area contributed by atoms with Crippen LogP contribution in [-0.4, -0.2) is 42.3 Å². The molecule has 0 aromatic heterocycles. The summed E-state index contributed by atoms with van der Waals surface area (Å²) in [7, 11) is 0. The molecule has 96 valence electrons. The fourth-order valence-corrected chi connectivity index (χ4v) is 1.41. The minimum atomic E-state index is -0.524. The van der Waals surface area contributed by atoms with E-state index in [2.05, 4.69) is 10.6 Å². The molecule has 0 saturated carbocycles. The predicted octanol–water partition coefficient (Wildman–Crippen LogP) is 1.45. The van der Waals surface area contributed by atoms with Gasteiger partial charge < -0.3 is 15.7 Å². The number of carbonyl (C=O) groups is 1. The fourth-order valence-electron chi connectivity index (χ4n) is 0.976. The van der Waals surface area contributed by atoms with Gasteiger partial charge in [-0.15, -0.1) is 0 Å². The van der Waals surface area contributed by atoms with Gasteiger partial charge in [0.25, 0.3) is 0 Å². The average molecular weight is 248 g/mol. The molecule has 0 aromatic rings. The van der Waals surface area contributed by atoms with Crippen molar-refractivity contribution in [3.8, 4) is 0 Å². The summed E-state index contributed by atoms with van der Waals surface area (Å²) in [6, 6.07) is -0.204. The highest BCUT2D eigenvalue weighted by molar-refractivity contribution is 7.98. The summed E-state index contributed by atoms with van der Waals surface area (Å²) < 4.78 is 0. The van der Waals surface area contributed by atoms with E-state index in [0.29, 0.717) is 6.54 Å². The summed E-state index contributed by atoms with van der Waals surface area (Å²) in [5.41, 5.74) is -0.202. The van der Waals surface area contributed by atoms with Gasteiger partial charge in [0.1, 0.15) is 0 Å². The third-order valence-electron chi connectivity index (χ3n) is 2.27. The van der Waals surface area contributed by atoms with Crippen LogP contribution in [0.4, 0.5) is 4.79 Å². The second-order valence-electron chi connectivity index (χ2n) is 4.86. The Morgan fingerprint density at radius 2 is 2.00 bits per heavy atom. The first kappa shape index (κ1) is 15.6. The second kappa shape index (κ2) is 7.79. The van der Waals surface area contributed by atoms with E-state index < -0.39 is 6.10 Å². The molecule has 0 bridgehead atoms. The summed E-state index contributed by atoms with van der Waals surface area (Å²) >= 11 is 1.76. The summed E-state index contributed by atoms with van der Waals surface area (Å²) in [5, 5.41) is 15.1. The molecular formula is C11H24N2O2S. The molecule has 4 nitrogen and oxygen atoms in total. The standard InChI is InChI=1S/C11H24N2O2S/c1-11(2,3)9(14)8-13-10(15)12-6-5-7-16-4/h9,14H,5-8H2,1-4H3,(H2,12,13,15). The molecule has 0 aliphatic heterocycles. The molecule has 5 heteroatoms. The van der Waals surface area contributed by atoms with Gasteiger partial charge in [-0.25, -0.2) is 4.79 Å². The number of aliphatic hydroxyl groups is 1. The fraction of sp³-hybridized carbons (Fsp3) is 0.909. The highest BCUT2D eigenvalue weighted by atomic mass is 32.2. The Bertz CT molecular complexity index is 205. The molecule has 0 radical (unpaired) electrons. The van der Waals surface area contributed by atoms with Crippen LogP contribution in [0.2, 0.25) is 0 Å². The van der Waals surface area contributed by atoms with Gasteiger partial charge >= 0.3 is 6.03 Å². The average Bonchev–Trinajstić information content (AvgIpc) is 2.19. The number of thioether (sulfide) groups is 1. The van der Waals surface area contributed by atoms with Crippen molar-refractivity contribution in [2.75, 3.05) is 25.1 Å². The number of aliphatic hydroxyl groups excluding tert-OH is 1. The zero-order chi connectivity index (χ0) is 12.6. The molecule has 1 unspecified atom stereocenters. The van der Waals surface area contributed by atoms with E-state index in [0.717, 1.165) is 12.2 Å². The largest absolute Gasteiger partial charge is 0.391 e. The van der Waals surface area contributed by atoms with Crippen LogP contribution in [0.1, 0.15) is 27.2 Å². The van der Waals surface area contributed by atoms with Gasteiger partial charge in [0.15, 0.2) is 0 Å². The Labute approximate surface area is 103 Å². The number of urea groups is 1. The van der Waals surface area contributed by atoms with Gasteiger partial charge in [-0.05, 0) is 23.8 Å². The van der Waals surface area contributed by atoms with E-state index >= 15 is 0 Å². The minimum absolute atomic E-state index is 0.202. The summed E-state index contributed by atoms with van der Waals surface area (Å²) in [5.74, 6) is 1.05. The molecule has 0 heterocycles. The Morgan fingerprint density at radius 3 is 2.50 bits per heavy atom. The van der Waals surface area contributed by atoms with E-state index in [9.17, 15) is 9.90 Å². The van der Waals surface area contributed by atoms with Crippen LogP contribution >= 0.6 is 11.8 Å². The lowest BCUT2D eigenvalue weighted by Crippen LogP contribution is -2.43. The highest BCUT2D eigenvalue weighted by Gasteiger charge is 2.22. The maximum Gasteiger partial charge on any atom is 0.314 e. The number of hydrogen-bond acceptors (Lipinski definition) is 3. The lowest BCUT2D eigenvalue weighted by Gasteiger charge is -2.25. The normalized spacial score (nSPS) is 13.3. The van der Waals surface area contributed by atoms with E-state index in [4.69, 9.17) is 0 Å². The molecule has 0 aromatic carbocycles. The Kier molecular flexibility index (Phi) is 7.58. The van der Waals surface area contributed by atoms with Crippen molar-refractivity contribution in [3.05, 3.63) is 0 Å². The van der Waals surface area contributed by atoms with E-state index in [1.807, 2.05) is 27.0 Å². The van der Waals surface area contributed by atoms with Crippen molar-refractivity contribution in [1.82, 2.24) is 10.6 Å². The van der Waals surface area contributed by atoms with Crippen LogP contribution in [-0.2, 0) is 0 Å². The maximum absolute atomic E-state index is 11.3. The molecule has 0 rings (SSSR count). The van der Waals surface area contributed by atoms with Crippen molar-refractivity contribution in [2.24, 2.45) is 5.41 Å². The molecule has 2 amide bonds. The summed E-state index contributed by atoms with van der Waals surface area (Å²) in [4.78, 5) is 11.3. The molecule has 16 heavy (non-hydrogen) atoms.